The fraction of sp³-hybridized carbons (Fsp3) is 0.160. The summed E-state index contributed by atoms with van der Waals surface area (Å²) in [5, 5.41) is 0. The number of benzene rings is 3. The third-order valence-corrected chi connectivity index (χ3v) is 5.92. The third-order valence-electron chi connectivity index (χ3n) is 5.92. The Morgan fingerprint density at radius 2 is 1.69 bits per heavy atom. The van der Waals surface area contributed by atoms with E-state index in [0.717, 1.165) is 45.9 Å². The van der Waals surface area contributed by atoms with Gasteiger partial charge in [0.15, 0.2) is 11.5 Å². The SMILES string of the molecule is O=C1c2ccccc2C(=O)N1CCCc1ccc2nc(-c3ccc4c(c3)OCO4)[nH]c2c1. The zero-order chi connectivity index (χ0) is 21.7. The molecule has 0 fully saturated rings. The molecular formula is C25H19N3O4. The number of ether oxygens (including phenoxy) is 2. The van der Waals surface area contributed by atoms with Gasteiger partial charge in [-0.2, -0.15) is 0 Å². The lowest BCUT2D eigenvalue weighted by molar-refractivity contribution is 0.0652. The van der Waals surface area contributed by atoms with Crippen LogP contribution in [0.2, 0.25) is 0 Å². The molecule has 158 valence electrons. The fourth-order valence-corrected chi connectivity index (χ4v) is 4.28. The Bertz CT molecular complexity index is 1360. The molecule has 0 bridgehead atoms. The zero-order valence-electron chi connectivity index (χ0n) is 17.1. The van der Waals surface area contributed by atoms with Crippen LogP contribution in [0.1, 0.15) is 32.7 Å². The lowest BCUT2D eigenvalue weighted by Crippen LogP contribution is -2.30. The van der Waals surface area contributed by atoms with E-state index in [9.17, 15) is 9.59 Å². The Labute approximate surface area is 183 Å². The van der Waals surface area contributed by atoms with Crippen LogP contribution in [0.5, 0.6) is 11.5 Å². The van der Waals surface area contributed by atoms with E-state index in [1.54, 1.807) is 24.3 Å². The summed E-state index contributed by atoms with van der Waals surface area (Å²) in [4.78, 5) is 34.4. The van der Waals surface area contributed by atoms with Gasteiger partial charge in [-0.25, -0.2) is 4.98 Å². The number of aromatic amines is 1. The molecule has 0 spiro atoms. The van der Waals surface area contributed by atoms with Crippen molar-refractivity contribution >= 4 is 22.8 Å². The lowest BCUT2D eigenvalue weighted by Gasteiger charge is -2.13. The molecule has 0 saturated heterocycles. The van der Waals surface area contributed by atoms with Crippen LogP contribution in [-0.2, 0) is 6.42 Å². The number of carbonyl (C=O) groups excluding carboxylic acids is 2. The number of amides is 2. The van der Waals surface area contributed by atoms with Gasteiger partial charge >= 0.3 is 0 Å². The number of rotatable bonds is 5. The summed E-state index contributed by atoms with van der Waals surface area (Å²) in [6.45, 7) is 0.638. The number of aryl methyl sites for hydroxylation is 1. The van der Waals surface area contributed by atoms with Gasteiger partial charge in [0.2, 0.25) is 6.79 Å². The molecular weight excluding hydrogens is 406 g/mol. The first kappa shape index (κ1) is 18.6. The molecule has 0 atom stereocenters. The van der Waals surface area contributed by atoms with Crippen LogP contribution in [-0.4, -0.2) is 40.0 Å². The minimum absolute atomic E-state index is 0.206. The number of aromatic nitrogens is 2. The van der Waals surface area contributed by atoms with Gasteiger partial charge in [-0.05, 0) is 60.9 Å². The maximum absolute atomic E-state index is 12.5. The van der Waals surface area contributed by atoms with E-state index in [4.69, 9.17) is 9.47 Å². The molecule has 32 heavy (non-hydrogen) atoms. The maximum Gasteiger partial charge on any atom is 0.261 e. The summed E-state index contributed by atoms with van der Waals surface area (Å²) in [5.74, 6) is 1.81. The van der Waals surface area contributed by atoms with Crippen molar-refractivity contribution in [2.75, 3.05) is 13.3 Å². The smallest absolute Gasteiger partial charge is 0.261 e. The van der Waals surface area contributed by atoms with Gasteiger partial charge in [0, 0.05) is 12.1 Å². The molecule has 7 heteroatoms. The van der Waals surface area contributed by atoms with Gasteiger partial charge in [-0.3, -0.25) is 14.5 Å². The number of hydrogen-bond donors (Lipinski definition) is 1. The summed E-state index contributed by atoms with van der Waals surface area (Å²) in [7, 11) is 0. The molecule has 0 saturated carbocycles. The standard InChI is InChI=1S/C25H19N3O4/c29-24-17-5-1-2-6-18(17)25(30)28(24)11-3-4-15-7-9-19-20(12-15)27-23(26-19)16-8-10-21-22(13-16)32-14-31-21/h1-2,5-10,12-13H,3-4,11,14H2,(H,26,27). The Kier molecular flexibility index (Phi) is 4.21. The minimum atomic E-state index is -0.206. The van der Waals surface area contributed by atoms with E-state index < -0.39 is 0 Å². The predicted molar refractivity (Wildman–Crippen MR) is 118 cm³/mol. The van der Waals surface area contributed by atoms with E-state index >= 15 is 0 Å². The van der Waals surface area contributed by atoms with Crippen LogP contribution in [0, 0.1) is 0 Å². The van der Waals surface area contributed by atoms with E-state index in [0.29, 0.717) is 24.1 Å². The highest BCUT2D eigenvalue weighted by Gasteiger charge is 2.34. The first-order chi connectivity index (χ1) is 15.7. The molecule has 0 aliphatic carbocycles. The van der Waals surface area contributed by atoms with Crippen molar-refractivity contribution in [3.05, 3.63) is 77.4 Å². The Balaban J connectivity index is 1.16. The van der Waals surface area contributed by atoms with Crippen molar-refractivity contribution in [2.45, 2.75) is 12.8 Å². The van der Waals surface area contributed by atoms with E-state index in [-0.39, 0.29) is 18.6 Å². The lowest BCUT2D eigenvalue weighted by atomic mass is 10.1. The van der Waals surface area contributed by atoms with Crippen molar-refractivity contribution in [3.63, 3.8) is 0 Å². The molecule has 6 rings (SSSR count). The van der Waals surface area contributed by atoms with Crippen molar-refractivity contribution in [1.29, 1.82) is 0 Å². The number of fused-ring (bicyclic) bond motifs is 3. The van der Waals surface area contributed by atoms with Gasteiger partial charge in [0.05, 0.1) is 22.2 Å². The second kappa shape index (κ2) is 7.23. The number of nitrogens with zero attached hydrogens (tertiary/aromatic N) is 2. The molecule has 3 aromatic carbocycles. The van der Waals surface area contributed by atoms with Gasteiger partial charge < -0.3 is 14.5 Å². The Morgan fingerprint density at radius 1 is 0.906 bits per heavy atom. The van der Waals surface area contributed by atoms with Crippen LogP contribution < -0.4 is 9.47 Å². The zero-order valence-corrected chi connectivity index (χ0v) is 17.1. The minimum Gasteiger partial charge on any atom is -0.454 e. The Hall–Kier alpha value is -4.13. The third kappa shape index (κ3) is 3.01. The molecule has 1 N–H and O–H groups in total. The van der Waals surface area contributed by atoms with E-state index in [1.807, 2.05) is 30.3 Å². The van der Waals surface area contributed by atoms with Crippen molar-refractivity contribution in [2.24, 2.45) is 0 Å². The number of H-pyrrole nitrogens is 1. The number of imide groups is 1. The molecule has 2 aliphatic heterocycles. The quantitative estimate of drug-likeness (QED) is 0.485. The average Bonchev–Trinajstić information content (AvgIpc) is 3.51. The number of hydrogen-bond acceptors (Lipinski definition) is 5. The van der Waals surface area contributed by atoms with E-state index in [2.05, 4.69) is 16.0 Å². The molecule has 4 aromatic rings. The van der Waals surface area contributed by atoms with Gasteiger partial charge in [0.25, 0.3) is 11.8 Å². The average molecular weight is 425 g/mol. The summed E-state index contributed by atoms with van der Waals surface area (Å²) >= 11 is 0. The molecule has 3 heterocycles. The van der Waals surface area contributed by atoms with Gasteiger partial charge in [-0.15, -0.1) is 0 Å². The predicted octanol–water partition coefficient (Wildman–Crippen LogP) is 4.19. The first-order valence-electron chi connectivity index (χ1n) is 10.5. The summed E-state index contributed by atoms with van der Waals surface area (Å²) in [5.41, 5.74) is 4.85. The van der Waals surface area contributed by atoms with Crippen molar-refractivity contribution in [3.8, 4) is 22.9 Å². The number of imidazole rings is 1. The highest BCUT2D eigenvalue weighted by atomic mass is 16.7. The van der Waals surface area contributed by atoms with Crippen LogP contribution >= 0.6 is 0 Å². The number of carbonyl (C=O) groups is 2. The molecule has 2 aliphatic rings. The largest absolute Gasteiger partial charge is 0.454 e. The monoisotopic (exact) mass is 425 g/mol. The molecule has 7 nitrogen and oxygen atoms in total. The van der Waals surface area contributed by atoms with Crippen molar-refractivity contribution in [1.82, 2.24) is 14.9 Å². The molecule has 0 radical (unpaired) electrons. The first-order valence-corrected chi connectivity index (χ1v) is 10.5. The fourth-order valence-electron chi connectivity index (χ4n) is 4.28. The van der Waals surface area contributed by atoms with Gasteiger partial charge in [0.1, 0.15) is 5.82 Å². The van der Waals surface area contributed by atoms with Crippen LogP contribution in [0.25, 0.3) is 22.4 Å². The Morgan fingerprint density at radius 3 is 2.50 bits per heavy atom. The van der Waals surface area contributed by atoms with Crippen LogP contribution in [0.15, 0.2) is 60.7 Å². The van der Waals surface area contributed by atoms with E-state index in [1.165, 1.54) is 4.90 Å². The second-order valence-corrected chi connectivity index (χ2v) is 7.92. The topological polar surface area (TPSA) is 84.5 Å². The molecule has 0 unspecified atom stereocenters. The second-order valence-electron chi connectivity index (χ2n) is 7.92. The van der Waals surface area contributed by atoms with Crippen LogP contribution in [0.4, 0.5) is 0 Å². The number of nitrogens with one attached hydrogen (secondary N) is 1. The molecule has 2 amide bonds. The maximum atomic E-state index is 12.5. The summed E-state index contributed by atoms with van der Waals surface area (Å²) < 4.78 is 10.8. The van der Waals surface area contributed by atoms with Gasteiger partial charge in [-0.1, -0.05) is 18.2 Å². The highest BCUT2D eigenvalue weighted by Crippen LogP contribution is 2.35. The summed E-state index contributed by atoms with van der Waals surface area (Å²) in [6, 6.07) is 18.8. The summed E-state index contributed by atoms with van der Waals surface area (Å²) in [6.07, 6.45) is 1.45. The van der Waals surface area contributed by atoms with Crippen LogP contribution in [0.3, 0.4) is 0 Å². The van der Waals surface area contributed by atoms with Crippen molar-refractivity contribution < 1.29 is 19.1 Å². The molecule has 1 aromatic heterocycles. The normalized spacial score (nSPS) is 14.4. The highest BCUT2D eigenvalue weighted by molar-refractivity contribution is 6.21.